The highest BCUT2D eigenvalue weighted by atomic mass is 19.1. The number of aliphatic hydroxyl groups is 1. The van der Waals surface area contributed by atoms with Crippen molar-refractivity contribution in [3.8, 4) is 11.8 Å². The summed E-state index contributed by atoms with van der Waals surface area (Å²) in [5.74, 6) is 0.123. The van der Waals surface area contributed by atoms with Gasteiger partial charge in [-0.15, -0.1) is 0 Å². The fourth-order valence-corrected chi connectivity index (χ4v) is 8.44. The monoisotopic (exact) mass is 471 g/mol. The molecule has 4 aliphatic carbocycles. The average Bonchev–Trinajstić information content (AvgIpc) is 3.15. The van der Waals surface area contributed by atoms with Gasteiger partial charge in [-0.25, -0.2) is 8.78 Å². The van der Waals surface area contributed by atoms with Crippen molar-refractivity contribution in [1.29, 1.82) is 5.26 Å². The Morgan fingerprint density at radius 3 is 2.68 bits per heavy atom. The number of nitriles is 1. The summed E-state index contributed by atoms with van der Waals surface area (Å²) in [5, 5.41) is 19.4. The largest absolute Gasteiger partial charge is 0.486 e. The summed E-state index contributed by atoms with van der Waals surface area (Å²) in [5.41, 5.74) is -2.14. The van der Waals surface area contributed by atoms with Gasteiger partial charge in [0.1, 0.15) is 29.9 Å². The van der Waals surface area contributed by atoms with E-state index in [-0.39, 0.29) is 46.9 Å². The second-order valence-electron chi connectivity index (χ2n) is 12.0. The van der Waals surface area contributed by atoms with Crippen LogP contribution in [-0.4, -0.2) is 28.8 Å². The van der Waals surface area contributed by atoms with Crippen molar-refractivity contribution in [2.45, 2.75) is 82.9 Å². The van der Waals surface area contributed by atoms with Crippen molar-refractivity contribution in [3.05, 3.63) is 29.6 Å². The molecule has 4 aliphatic rings. The van der Waals surface area contributed by atoms with E-state index in [9.17, 15) is 14.3 Å². The van der Waals surface area contributed by atoms with Crippen LogP contribution in [-0.2, 0) is 4.79 Å². The number of alkyl halides is 1. The molecule has 0 saturated heterocycles. The molecule has 4 nitrogen and oxygen atoms in total. The number of halogens is 2. The van der Waals surface area contributed by atoms with Crippen LogP contribution in [0.4, 0.5) is 8.78 Å². The lowest BCUT2D eigenvalue weighted by Gasteiger charge is -2.59. The lowest BCUT2D eigenvalue weighted by molar-refractivity contribution is -0.166. The number of carbonyl (C=O) groups excluding carboxylic acids is 1. The molecule has 184 valence electrons. The quantitative estimate of drug-likeness (QED) is 0.606. The van der Waals surface area contributed by atoms with Crippen molar-refractivity contribution in [2.24, 2.45) is 35.0 Å². The van der Waals surface area contributed by atoms with Gasteiger partial charge < -0.3 is 9.84 Å². The van der Waals surface area contributed by atoms with Gasteiger partial charge in [0.05, 0.1) is 11.2 Å². The van der Waals surface area contributed by atoms with Gasteiger partial charge >= 0.3 is 0 Å². The molecule has 0 heterocycles. The smallest absolute Gasteiger partial charge is 0.173 e. The lowest BCUT2D eigenvalue weighted by atomic mass is 9.48. The van der Waals surface area contributed by atoms with Crippen LogP contribution >= 0.6 is 0 Å². The van der Waals surface area contributed by atoms with Crippen LogP contribution in [0, 0.1) is 52.2 Å². The van der Waals surface area contributed by atoms with Gasteiger partial charge in [0.25, 0.3) is 0 Å². The molecule has 0 amide bonds. The lowest BCUT2D eigenvalue weighted by Crippen LogP contribution is -2.58. The third kappa shape index (κ3) is 3.75. The molecule has 5 rings (SSSR count). The molecule has 0 unspecified atom stereocenters. The first-order valence-electron chi connectivity index (χ1n) is 12.8. The molecule has 4 fully saturated rings. The number of carbonyl (C=O) groups is 1. The minimum absolute atomic E-state index is 0.0329. The summed E-state index contributed by atoms with van der Waals surface area (Å²) in [4.78, 5) is 13.2. The zero-order valence-electron chi connectivity index (χ0n) is 20.2. The van der Waals surface area contributed by atoms with Crippen molar-refractivity contribution in [3.63, 3.8) is 0 Å². The van der Waals surface area contributed by atoms with E-state index in [1.807, 2.05) is 6.92 Å². The summed E-state index contributed by atoms with van der Waals surface area (Å²) in [6.45, 7) is 3.95. The second kappa shape index (κ2) is 8.29. The van der Waals surface area contributed by atoms with Crippen molar-refractivity contribution < 1.29 is 23.4 Å². The van der Waals surface area contributed by atoms with Gasteiger partial charge in [-0.05, 0) is 106 Å². The van der Waals surface area contributed by atoms with Crippen LogP contribution in [0.25, 0.3) is 0 Å². The number of benzene rings is 1. The van der Waals surface area contributed by atoms with Gasteiger partial charge in [0.15, 0.2) is 5.78 Å². The summed E-state index contributed by atoms with van der Waals surface area (Å²) in [7, 11) is 0. The number of rotatable bonds is 4. The molecule has 34 heavy (non-hydrogen) atoms. The molecular formula is C28H35F2NO3. The minimum Gasteiger partial charge on any atom is -0.486 e. The first-order chi connectivity index (χ1) is 16.1. The number of fused-ring (bicyclic) bond motifs is 5. The number of ether oxygens (including phenoxy) is 1. The highest BCUT2D eigenvalue weighted by molar-refractivity contribution is 5.83. The molecule has 1 N–H and O–H groups in total. The van der Waals surface area contributed by atoms with E-state index in [1.165, 1.54) is 12.1 Å². The predicted octanol–water partition coefficient (Wildman–Crippen LogP) is 5.76. The second-order valence-corrected chi connectivity index (χ2v) is 12.0. The molecule has 8 atom stereocenters. The van der Waals surface area contributed by atoms with E-state index in [0.717, 1.165) is 44.6 Å². The van der Waals surface area contributed by atoms with E-state index >= 15 is 4.39 Å². The van der Waals surface area contributed by atoms with E-state index in [1.54, 1.807) is 6.07 Å². The Morgan fingerprint density at radius 2 is 1.94 bits per heavy atom. The number of hydrogen-bond acceptors (Lipinski definition) is 4. The Labute approximate surface area is 200 Å². The van der Waals surface area contributed by atoms with Gasteiger partial charge in [-0.3, -0.25) is 4.79 Å². The Morgan fingerprint density at radius 1 is 1.15 bits per heavy atom. The first-order valence-corrected chi connectivity index (χ1v) is 12.8. The Kier molecular flexibility index (Phi) is 5.79. The van der Waals surface area contributed by atoms with Crippen molar-refractivity contribution in [1.82, 2.24) is 0 Å². The Bertz CT molecular complexity index is 1020. The van der Waals surface area contributed by atoms with Crippen molar-refractivity contribution in [2.75, 3.05) is 6.61 Å². The van der Waals surface area contributed by atoms with Crippen LogP contribution in [0.15, 0.2) is 18.2 Å². The highest BCUT2D eigenvalue weighted by Crippen LogP contribution is 2.66. The normalized spacial score (nSPS) is 43.2. The summed E-state index contributed by atoms with van der Waals surface area (Å²) in [6.07, 6.45) is 6.73. The molecule has 0 aromatic heterocycles. The topological polar surface area (TPSA) is 70.3 Å². The predicted molar refractivity (Wildman–Crippen MR) is 123 cm³/mol. The van der Waals surface area contributed by atoms with Gasteiger partial charge in [0, 0.05) is 12.0 Å². The molecule has 1 aromatic carbocycles. The molecule has 4 saturated carbocycles. The minimum atomic E-state index is -1.18. The molecule has 0 aliphatic heterocycles. The maximum atomic E-state index is 16.5. The standard InChI is InChI=1S/C28H35F2NO3/c1-26(33)11-12-28(30)18(14-26)4-6-20-21-7-8-23(27(21,2)10-9-22(20)28)25(32)16-34-19-5-3-17(15-31)24(29)13-19/h3,5,13,18,20-23,33H,4,6-12,14,16H2,1-2H3/t18-,20+,21+,22+,23-,26-,27+,28-/m1/s1. The SMILES string of the molecule is C[C@@]1(O)CC[C@@]2(F)[C@H](CC[C@H]3[C@@H]4CC[C@H](C(=O)COc5ccc(C#N)c(F)c5)[C@@]4(C)CC[C@@H]32)C1. The molecule has 6 heteroatoms. The van der Waals surface area contributed by atoms with Crippen molar-refractivity contribution >= 4 is 5.78 Å². The molecule has 1 aromatic rings. The number of Topliss-reactive ketones (excluding diaryl/α,β-unsaturated/α-hetero) is 1. The summed E-state index contributed by atoms with van der Waals surface area (Å²) < 4.78 is 36.0. The summed E-state index contributed by atoms with van der Waals surface area (Å²) in [6, 6.07) is 5.80. The average molecular weight is 472 g/mol. The van der Waals surface area contributed by atoms with E-state index < -0.39 is 17.1 Å². The van der Waals surface area contributed by atoms with E-state index in [4.69, 9.17) is 10.00 Å². The molecule has 0 bridgehead atoms. The van der Waals surface area contributed by atoms with Gasteiger partial charge in [-0.2, -0.15) is 5.26 Å². The zero-order chi connectivity index (χ0) is 24.3. The maximum absolute atomic E-state index is 16.5. The van der Waals surface area contributed by atoms with E-state index in [0.29, 0.717) is 31.1 Å². The number of ketones is 1. The Balaban J connectivity index is 1.27. The molecular weight excluding hydrogens is 436 g/mol. The maximum Gasteiger partial charge on any atom is 0.173 e. The molecule has 0 spiro atoms. The van der Waals surface area contributed by atoms with Gasteiger partial charge in [0.2, 0.25) is 0 Å². The molecule has 0 radical (unpaired) electrons. The zero-order valence-corrected chi connectivity index (χ0v) is 20.2. The summed E-state index contributed by atoms with van der Waals surface area (Å²) >= 11 is 0. The third-order valence-electron chi connectivity index (χ3n) is 10.1. The van der Waals surface area contributed by atoms with Crippen LogP contribution in [0.3, 0.4) is 0 Å². The number of hydrogen-bond donors (Lipinski definition) is 1. The van der Waals surface area contributed by atoms with E-state index in [2.05, 4.69) is 6.92 Å². The fraction of sp³-hybridized carbons (Fsp3) is 0.714. The highest BCUT2D eigenvalue weighted by Gasteiger charge is 2.63. The van der Waals surface area contributed by atoms with Gasteiger partial charge in [-0.1, -0.05) is 6.92 Å². The van der Waals surface area contributed by atoms with Crippen LogP contribution < -0.4 is 4.74 Å². The fourth-order valence-electron chi connectivity index (χ4n) is 8.44. The van der Waals surface area contributed by atoms with Crippen LogP contribution in [0.1, 0.15) is 77.2 Å². The third-order valence-corrected chi connectivity index (χ3v) is 10.1. The number of nitrogens with zero attached hydrogens (tertiary/aromatic N) is 1. The van der Waals surface area contributed by atoms with Crippen LogP contribution in [0.2, 0.25) is 0 Å². The first kappa shape index (κ1) is 23.7. The Hall–Kier alpha value is -2.00. The van der Waals surface area contributed by atoms with Crippen LogP contribution in [0.5, 0.6) is 5.75 Å².